The number of methoxy groups -OCH3 is 2. The number of carbonyl (C=O) groups excluding carboxylic acids is 4. The van der Waals surface area contributed by atoms with Crippen molar-refractivity contribution in [1.82, 2.24) is 35.1 Å². The number of hydrogen-bond donors (Lipinski definition) is 4. The Labute approximate surface area is 400 Å². The Morgan fingerprint density at radius 2 is 1.60 bits per heavy atom. The Balaban J connectivity index is 0.000000510. The van der Waals surface area contributed by atoms with Crippen molar-refractivity contribution in [1.29, 1.82) is 0 Å². The molecule has 0 bridgehead atoms. The molecule has 16 nitrogen and oxygen atoms in total. The van der Waals surface area contributed by atoms with E-state index in [4.69, 9.17) is 19.4 Å². The van der Waals surface area contributed by atoms with Gasteiger partial charge in [-0.05, 0) is 117 Å². The third kappa shape index (κ3) is 12.9. The topological polar surface area (TPSA) is 207 Å². The number of nitrogens with zero attached hydrogens (tertiary/aromatic N) is 4. The number of alkyl carbamates (subject to hydrolysis) is 1. The molecule has 0 spiro atoms. The van der Waals surface area contributed by atoms with E-state index < -0.39 is 12.2 Å². The molecule has 3 aliphatic rings. The van der Waals surface area contributed by atoms with E-state index >= 15 is 0 Å². The van der Waals surface area contributed by atoms with Gasteiger partial charge in [0.25, 0.3) is 0 Å². The minimum absolute atomic E-state index is 0.0564. The summed E-state index contributed by atoms with van der Waals surface area (Å²) in [6.45, 7) is 15.9. The van der Waals surface area contributed by atoms with E-state index in [0.29, 0.717) is 49.4 Å². The average molecular weight is 937 g/mol. The number of amides is 4. The highest BCUT2D eigenvalue weighted by atomic mass is 16.5. The van der Waals surface area contributed by atoms with E-state index in [9.17, 15) is 19.2 Å². The lowest BCUT2D eigenvalue weighted by molar-refractivity contribution is -0.136. The van der Waals surface area contributed by atoms with Gasteiger partial charge in [0.2, 0.25) is 11.8 Å². The fourth-order valence-electron chi connectivity index (χ4n) is 9.29. The van der Waals surface area contributed by atoms with Gasteiger partial charge in [-0.1, -0.05) is 58.7 Å². The number of aromatic amines is 2. The van der Waals surface area contributed by atoms with Crippen molar-refractivity contribution >= 4 is 45.8 Å². The van der Waals surface area contributed by atoms with Gasteiger partial charge in [-0.3, -0.25) is 9.59 Å². The highest BCUT2D eigenvalue weighted by molar-refractivity contribution is 6.07. The summed E-state index contributed by atoms with van der Waals surface area (Å²) in [5.74, 6) is 3.12. The zero-order valence-corrected chi connectivity index (χ0v) is 41.4. The number of primary amides is 1. The number of imidazole rings is 2. The normalized spacial score (nSPS) is 19.1. The van der Waals surface area contributed by atoms with Crippen molar-refractivity contribution in [3.63, 3.8) is 0 Å². The molecule has 2 unspecified atom stereocenters. The molecule has 1 aliphatic carbocycles. The number of rotatable bonds is 13. The molecule has 16 heteroatoms. The maximum Gasteiger partial charge on any atom is 0.407 e. The molecular formula is C52H72N8O8. The van der Waals surface area contributed by atoms with Gasteiger partial charge in [0, 0.05) is 29.5 Å². The lowest BCUT2D eigenvalue weighted by Crippen LogP contribution is -2.44. The number of H-pyrrole nitrogens is 2. The third-order valence-electron chi connectivity index (χ3n) is 13.6. The molecule has 1 saturated heterocycles. The minimum atomic E-state index is -0.745. The zero-order valence-electron chi connectivity index (χ0n) is 41.4. The first-order valence-corrected chi connectivity index (χ1v) is 24.3. The van der Waals surface area contributed by atoms with Crippen molar-refractivity contribution in [3.05, 3.63) is 65.9 Å². The molecule has 6 atom stereocenters. The largest absolute Gasteiger partial charge is 0.488 e. The Hall–Kier alpha value is -6.16. The van der Waals surface area contributed by atoms with Crippen LogP contribution in [0.5, 0.6) is 5.75 Å². The number of aromatic nitrogens is 4. The Bertz CT molecular complexity index is 2510. The summed E-state index contributed by atoms with van der Waals surface area (Å²) in [7, 11) is 2.49. The molecule has 5 aromatic rings. The molecule has 2 fully saturated rings. The van der Waals surface area contributed by atoms with Gasteiger partial charge in [-0.15, -0.1) is 0 Å². The van der Waals surface area contributed by atoms with Crippen LogP contribution >= 0.6 is 0 Å². The van der Waals surface area contributed by atoms with Crippen LogP contribution in [0.25, 0.3) is 44.2 Å². The van der Waals surface area contributed by atoms with Gasteiger partial charge < -0.3 is 49.8 Å². The molecule has 8 rings (SSSR count). The summed E-state index contributed by atoms with van der Waals surface area (Å²) >= 11 is 0. The quantitative estimate of drug-likeness (QED) is 0.0879. The van der Waals surface area contributed by atoms with Gasteiger partial charge in [-0.2, -0.15) is 0 Å². The predicted molar refractivity (Wildman–Crippen MR) is 264 cm³/mol. The average Bonchev–Trinajstić information content (AvgIpc) is 4.10. The molecule has 1 saturated carbocycles. The maximum absolute atomic E-state index is 13.5. The first kappa shape index (κ1) is 51.2. The first-order chi connectivity index (χ1) is 32.6. The molecule has 68 heavy (non-hydrogen) atoms. The van der Waals surface area contributed by atoms with Crippen LogP contribution in [0, 0.1) is 11.8 Å². The van der Waals surface area contributed by atoms with Crippen LogP contribution in [0.1, 0.15) is 123 Å². The Kier molecular flexibility index (Phi) is 17.9. The molecule has 0 radical (unpaired) electrons. The summed E-state index contributed by atoms with van der Waals surface area (Å²) in [4.78, 5) is 68.0. The Morgan fingerprint density at radius 1 is 0.868 bits per heavy atom. The van der Waals surface area contributed by atoms with Gasteiger partial charge >= 0.3 is 12.2 Å². The highest BCUT2D eigenvalue weighted by Crippen LogP contribution is 2.42. The molecule has 4 amide bonds. The summed E-state index contributed by atoms with van der Waals surface area (Å²) < 4.78 is 20.4. The van der Waals surface area contributed by atoms with Crippen molar-refractivity contribution in [3.8, 4) is 28.1 Å². The summed E-state index contributed by atoms with van der Waals surface area (Å²) in [6.07, 6.45) is 11.0. The fraction of sp³-hybridized carbons (Fsp3) is 0.538. The first-order valence-electron chi connectivity index (χ1n) is 24.3. The van der Waals surface area contributed by atoms with E-state index in [-0.39, 0.29) is 37.0 Å². The van der Waals surface area contributed by atoms with Crippen molar-refractivity contribution in [2.75, 3.05) is 20.8 Å². The molecular weight excluding hydrogens is 865 g/mol. The van der Waals surface area contributed by atoms with Crippen LogP contribution in [-0.4, -0.2) is 98.8 Å². The van der Waals surface area contributed by atoms with Crippen LogP contribution in [0.15, 0.2) is 48.7 Å². The maximum atomic E-state index is 13.5. The lowest BCUT2D eigenvalue weighted by atomic mass is 9.92. The van der Waals surface area contributed by atoms with E-state index in [1.54, 1.807) is 4.90 Å². The van der Waals surface area contributed by atoms with Gasteiger partial charge in [0.05, 0.1) is 62.4 Å². The number of fused-ring (bicyclic) bond motifs is 6. The third-order valence-corrected chi connectivity index (χ3v) is 13.6. The molecule has 3 aromatic carbocycles. The zero-order chi connectivity index (χ0) is 49.1. The molecule has 4 heterocycles. The van der Waals surface area contributed by atoms with Crippen LogP contribution < -0.4 is 15.8 Å². The van der Waals surface area contributed by atoms with Gasteiger partial charge in [0.15, 0.2) is 0 Å². The molecule has 5 N–H and O–H groups in total. The standard InChI is InChI=1S/C43H53N7O5.C7H14O.C2H5NO2/c1-7-25(3)16-40(51)50(36-11-9-10-26(36)4)22-38-44-20-35(47-38)29-12-14-31-30(17-29)24-55-37-19-32-28(18-33(31)37)13-15-34-42(32)48-39(46-34)23-49(27(5)8-2)41(52)21-45-43(53)54-6;1-6-4-3-5-7(2)8-6;1-5-2(3)4/h12-15,17-20,25-27,36H,7-11,16,21-24H2,1-6H3,(H,44,47)(H,45,53)(H,46,48);6-7H,3-5H2,1-2H3;1H3,(H2,3,4)/t25?,26-,27+,36+;6-,7?;/m11./s1. The van der Waals surface area contributed by atoms with Gasteiger partial charge in [0.1, 0.15) is 30.5 Å². The van der Waals surface area contributed by atoms with Crippen LogP contribution in [0.4, 0.5) is 9.59 Å². The molecule has 2 aliphatic heterocycles. The number of hydrogen-bond acceptors (Lipinski definition) is 10. The number of carbonyl (C=O) groups is 4. The second-order valence-corrected chi connectivity index (χ2v) is 18.7. The predicted octanol–water partition coefficient (Wildman–Crippen LogP) is 9.78. The SMILES string of the molecule is CC1CCC[C@@H](C)O1.CCC(C)CC(=O)N(Cc1ncc(-c2ccc3c(c2)COc2cc4c(ccc5[nH]c(CN(C(=O)CNC(=O)OC)[C@@H](C)CC)nc54)cc2-3)[nH]1)[C@H]1CCC[C@H]1C.COC(N)=O. The number of nitrogens with two attached hydrogens (primary N) is 1. The number of benzene rings is 3. The monoisotopic (exact) mass is 937 g/mol. The highest BCUT2D eigenvalue weighted by Gasteiger charge is 2.33. The van der Waals surface area contributed by atoms with E-state index in [1.165, 1.54) is 33.5 Å². The van der Waals surface area contributed by atoms with E-state index in [0.717, 1.165) is 93.4 Å². The van der Waals surface area contributed by atoms with Crippen LogP contribution in [-0.2, 0) is 43.5 Å². The summed E-state index contributed by atoms with van der Waals surface area (Å²) in [5, 5.41) is 4.48. The van der Waals surface area contributed by atoms with E-state index in [2.05, 4.69) is 106 Å². The summed E-state index contributed by atoms with van der Waals surface area (Å²) in [6, 6.07) is 15.0. The molecule has 2 aromatic heterocycles. The van der Waals surface area contributed by atoms with Crippen LogP contribution in [0.3, 0.4) is 0 Å². The van der Waals surface area contributed by atoms with Crippen molar-refractivity contribution in [2.24, 2.45) is 17.6 Å². The van der Waals surface area contributed by atoms with Crippen molar-refractivity contribution < 1.29 is 38.1 Å². The second-order valence-electron chi connectivity index (χ2n) is 18.7. The second kappa shape index (κ2) is 23.7. The van der Waals surface area contributed by atoms with Gasteiger partial charge in [-0.25, -0.2) is 19.6 Å². The molecule has 368 valence electrons. The smallest absolute Gasteiger partial charge is 0.407 e. The Morgan fingerprint density at radius 3 is 2.24 bits per heavy atom. The number of nitrogens with one attached hydrogen (secondary N) is 3. The minimum Gasteiger partial charge on any atom is -0.488 e. The lowest BCUT2D eigenvalue weighted by Gasteiger charge is -2.32. The number of ether oxygens (including phenoxy) is 4. The van der Waals surface area contributed by atoms with E-state index in [1.807, 2.05) is 26.1 Å². The van der Waals surface area contributed by atoms with Crippen molar-refractivity contribution in [2.45, 2.75) is 150 Å². The summed E-state index contributed by atoms with van der Waals surface area (Å²) in [5.41, 5.74) is 11.3. The van der Waals surface area contributed by atoms with Crippen LogP contribution in [0.2, 0.25) is 0 Å². The fourth-order valence-corrected chi connectivity index (χ4v) is 9.29.